The van der Waals surface area contributed by atoms with E-state index in [1.807, 2.05) is 43.3 Å². The molecule has 2 aromatic carbocycles. The van der Waals surface area contributed by atoms with Gasteiger partial charge in [0.1, 0.15) is 5.82 Å². The number of halogens is 2. The summed E-state index contributed by atoms with van der Waals surface area (Å²) in [5.74, 6) is 0.803. The number of aryl methyl sites for hydroxylation is 1. The lowest BCUT2D eigenvalue weighted by Gasteiger charge is -2.02. The summed E-state index contributed by atoms with van der Waals surface area (Å²) in [6, 6.07) is 11.9. The summed E-state index contributed by atoms with van der Waals surface area (Å²) in [5, 5.41) is 0.746. The van der Waals surface area contributed by atoms with Gasteiger partial charge in [0, 0.05) is 10.0 Å². The summed E-state index contributed by atoms with van der Waals surface area (Å²) in [6.07, 6.45) is 0. The van der Waals surface area contributed by atoms with Crippen molar-refractivity contribution in [3.63, 3.8) is 0 Å². The molecule has 0 bridgehead atoms. The fraction of sp³-hybridized carbons (Fsp3) is 0.0714. The minimum absolute atomic E-state index is 0.746. The van der Waals surface area contributed by atoms with Gasteiger partial charge in [-0.15, -0.1) is 0 Å². The highest BCUT2D eigenvalue weighted by Gasteiger charge is 2.10. The van der Waals surface area contributed by atoms with Gasteiger partial charge in [0.25, 0.3) is 0 Å². The lowest BCUT2D eigenvalue weighted by molar-refractivity contribution is 1.32. The second-order valence-electron chi connectivity index (χ2n) is 4.18. The first-order valence-corrected chi connectivity index (χ1v) is 6.73. The number of nitrogens with one attached hydrogen (secondary N) is 1. The van der Waals surface area contributed by atoms with Gasteiger partial charge in [-0.25, -0.2) is 4.98 Å². The molecule has 3 rings (SSSR count). The molecule has 0 aliphatic heterocycles. The molecule has 0 spiro atoms. The van der Waals surface area contributed by atoms with Crippen LogP contribution in [-0.2, 0) is 0 Å². The maximum absolute atomic E-state index is 6.32. The lowest BCUT2D eigenvalue weighted by atomic mass is 10.1. The van der Waals surface area contributed by atoms with E-state index in [-0.39, 0.29) is 0 Å². The highest BCUT2D eigenvalue weighted by Crippen LogP contribution is 2.30. The van der Waals surface area contributed by atoms with Crippen molar-refractivity contribution in [1.29, 1.82) is 0 Å². The fourth-order valence-electron chi connectivity index (χ4n) is 1.94. The third-order valence-electron chi connectivity index (χ3n) is 2.89. The molecule has 18 heavy (non-hydrogen) atoms. The zero-order chi connectivity index (χ0) is 12.7. The number of hydrogen-bond acceptors (Lipinski definition) is 1. The maximum Gasteiger partial charge on any atom is 0.140 e. The molecule has 0 fully saturated rings. The van der Waals surface area contributed by atoms with Crippen LogP contribution in [0, 0.1) is 6.92 Å². The first-order chi connectivity index (χ1) is 8.65. The zero-order valence-corrected chi connectivity index (χ0v) is 12.0. The summed E-state index contributed by atoms with van der Waals surface area (Å²) in [6.45, 7) is 1.99. The SMILES string of the molecule is Cc1cccc(-c2nc3ccc(Br)cc3[nH]2)c1Cl. The highest BCUT2D eigenvalue weighted by molar-refractivity contribution is 9.10. The largest absolute Gasteiger partial charge is 0.338 e. The van der Waals surface area contributed by atoms with Gasteiger partial charge in [-0.2, -0.15) is 0 Å². The Kier molecular flexibility index (Phi) is 2.88. The molecule has 0 unspecified atom stereocenters. The first-order valence-electron chi connectivity index (χ1n) is 5.56. The summed E-state index contributed by atoms with van der Waals surface area (Å²) < 4.78 is 1.03. The van der Waals surface area contributed by atoms with Gasteiger partial charge in [-0.05, 0) is 36.8 Å². The Morgan fingerprint density at radius 2 is 2.06 bits per heavy atom. The molecule has 1 aromatic heterocycles. The highest BCUT2D eigenvalue weighted by atomic mass is 79.9. The van der Waals surface area contributed by atoms with Gasteiger partial charge in [-0.1, -0.05) is 39.7 Å². The molecule has 0 radical (unpaired) electrons. The van der Waals surface area contributed by atoms with Crippen molar-refractivity contribution >= 4 is 38.6 Å². The lowest BCUT2D eigenvalue weighted by Crippen LogP contribution is -1.84. The Hall–Kier alpha value is -1.32. The number of aromatic amines is 1. The smallest absolute Gasteiger partial charge is 0.140 e. The number of H-pyrrole nitrogens is 1. The first kappa shape index (κ1) is 11.8. The van der Waals surface area contributed by atoms with Crippen LogP contribution in [0.3, 0.4) is 0 Å². The molecule has 90 valence electrons. The quantitative estimate of drug-likeness (QED) is 0.674. The van der Waals surface area contributed by atoms with E-state index in [4.69, 9.17) is 11.6 Å². The average molecular weight is 322 g/mol. The van der Waals surface area contributed by atoms with E-state index in [1.54, 1.807) is 0 Å². The second kappa shape index (κ2) is 4.41. The second-order valence-corrected chi connectivity index (χ2v) is 5.48. The molecule has 0 saturated heterocycles. The number of nitrogens with zero attached hydrogens (tertiary/aromatic N) is 1. The Labute approximate surface area is 118 Å². The van der Waals surface area contributed by atoms with Crippen molar-refractivity contribution in [3.8, 4) is 11.4 Å². The van der Waals surface area contributed by atoms with Crippen LogP contribution in [0.1, 0.15) is 5.56 Å². The van der Waals surface area contributed by atoms with E-state index in [0.29, 0.717) is 0 Å². The number of hydrogen-bond donors (Lipinski definition) is 1. The Balaban J connectivity index is 2.22. The third kappa shape index (κ3) is 1.93. The van der Waals surface area contributed by atoms with Crippen LogP contribution in [0.5, 0.6) is 0 Å². The van der Waals surface area contributed by atoms with Crippen LogP contribution in [0.25, 0.3) is 22.4 Å². The van der Waals surface area contributed by atoms with Crippen LogP contribution < -0.4 is 0 Å². The maximum atomic E-state index is 6.32. The van der Waals surface area contributed by atoms with Gasteiger partial charge >= 0.3 is 0 Å². The minimum Gasteiger partial charge on any atom is -0.338 e. The van der Waals surface area contributed by atoms with E-state index < -0.39 is 0 Å². The summed E-state index contributed by atoms with van der Waals surface area (Å²) >= 11 is 9.77. The zero-order valence-electron chi connectivity index (χ0n) is 9.67. The molecule has 0 saturated carbocycles. The standard InChI is InChI=1S/C14H10BrClN2/c1-8-3-2-4-10(13(8)16)14-17-11-6-5-9(15)7-12(11)18-14/h2-7H,1H3,(H,17,18). The van der Waals surface area contributed by atoms with Crippen molar-refractivity contribution in [1.82, 2.24) is 9.97 Å². The molecule has 4 heteroatoms. The van der Waals surface area contributed by atoms with E-state index >= 15 is 0 Å². The fourth-order valence-corrected chi connectivity index (χ4v) is 2.52. The molecule has 2 nitrogen and oxygen atoms in total. The van der Waals surface area contributed by atoms with Gasteiger partial charge < -0.3 is 4.98 Å². The number of imidazole rings is 1. The van der Waals surface area contributed by atoms with Crippen LogP contribution in [0.4, 0.5) is 0 Å². The van der Waals surface area contributed by atoms with Gasteiger partial charge in [0.2, 0.25) is 0 Å². The molecule has 0 amide bonds. The van der Waals surface area contributed by atoms with Crippen molar-refractivity contribution in [2.24, 2.45) is 0 Å². The van der Waals surface area contributed by atoms with Gasteiger partial charge in [-0.3, -0.25) is 0 Å². The van der Waals surface area contributed by atoms with Crippen molar-refractivity contribution in [3.05, 3.63) is 51.5 Å². The van der Waals surface area contributed by atoms with Crippen LogP contribution in [-0.4, -0.2) is 9.97 Å². The normalized spacial score (nSPS) is 11.1. The van der Waals surface area contributed by atoms with E-state index in [1.165, 1.54) is 0 Å². The Bertz CT molecular complexity index is 734. The van der Waals surface area contributed by atoms with Gasteiger partial charge in [0.15, 0.2) is 0 Å². The predicted octanol–water partition coefficient (Wildman–Crippen LogP) is 4.95. The molecular formula is C14H10BrClN2. The van der Waals surface area contributed by atoms with E-state index in [2.05, 4.69) is 25.9 Å². The van der Waals surface area contributed by atoms with Crippen LogP contribution in [0.15, 0.2) is 40.9 Å². The Morgan fingerprint density at radius 3 is 2.89 bits per heavy atom. The Morgan fingerprint density at radius 1 is 1.22 bits per heavy atom. The molecule has 0 aliphatic carbocycles. The van der Waals surface area contributed by atoms with Gasteiger partial charge in [0.05, 0.1) is 16.1 Å². The number of fused-ring (bicyclic) bond motifs is 1. The van der Waals surface area contributed by atoms with E-state index in [0.717, 1.165) is 37.5 Å². The predicted molar refractivity (Wildman–Crippen MR) is 79.0 cm³/mol. The molecule has 0 atom stereocenters. The molecule has 0 aliphatic rings. The summed E-state index contributed by atoms with van der Waals surface area (Å²) in [7, 11) is 0. The monoisotopic (exact) mass is 320 g/mol. The van der Waals surface area contributed by atoms with Crippen LogP contribution >= 0.6 is 27.5 Å². The topological polar surface area (TPSA) is 28.7 Å². The average Bonchev–Trinajstić information content (AvgIpc) is 2.75. The minimum atomic E-state index is 0.746. The molecular weight excluding hydrogens is 312 g/mol. The van der Waals surface area contributed by atoms with Crippen LogP contribution in [0.2, 0.25) is 5.02 Å². The third-order valence-corrected chi connectivity index (χ3v) is 3.89. The number of benzene rings is 2. The summed E-state index contributed by atoms with van der Waals surface area (Å²) in [4.78, 5) is 7.86. The molecule has 1 N–H and O–H groups in total. The number of rotatable bonds is 1. The van der Waals surface area contributed by atoms with Crippen molar-refractivity contribution in [2.75, 3.05) is 0 Å². The van der Waals surface area contributed by atoms with Crippen molar-refractivity contribution < 1.29 is 0 Å². The number of aromatic nitrogens is 2. The summed E-state index contributed by atoms with van der Waals surface area (Å²) in [5.41, 5.74) is 3.92. The van der Waals surface area contributed by atoms with E-state index in [9.17, 15) is 0 Å². The van der Waals surface area contributed by atoms with Crippen molar-refractivity contribution in [2.45, 2.75) is 6.92 Å². The molecule has 3 aromatic rings. The molecule has 1 heterocycles.